The predicted octanol–water partition coefficient (Wildman–Crippen LogP) is 4.25. The molecule has 3 heterocycles. The Morgan fingerprint density at radius 3 is 2.78 bits per heavy atom. The van der Waals surface area contributed by atoms with Crippen molar-refractivity contribution in [1.29, 1.82) is 0 Å². The van der Waals surface area contributed by atoms with Gasteiger partial charge in [0, 0.05) is 18.0 Å². The number of para-hydroxylation sites is 1. The van der Waals surface area contributed by atoms with Crippen molar-refractivity contribution < 1.29 is 9.15 Å². The summed E-state index contributed by atoms with van der Waals surface area (Å²) in [7, 11) is 0. The van der Waals surface area contributed by atoms with Gasteiger partial charge in [-0.15, -0.1) is 5.10 Å². The predicted molar refractivity (Wildman–Crippen MR) is 106 cm³/mol. The highest BCUT2D eigenvalue weighted by molar-refractivity contribution is 5.82. The van der Waals surface area contributed by atoms with Crippen molar-refractivity contribution >= 4 is 16.6 Å². The molecular weight excluding hydrogens is 340 g/mol. The molecule has 27 heavy (non-hydrogen) atoms. The smallest absolute Gasteiger partial charge is 0.231 e. The van der Waals surface area contributed by atoms with Crippen molar-refractivity contribution in [3.05, 3.63) is 48.7 Å². The molecule has 3 aromatic heterocycles. The lowest BCUT2D eigenvalue weighted by Gasteiger charge is -2.17. The van der Waals surface area contributed by atoms with E-state index >= 15 is 0 Å². The molecule has 0 bridgehead atoms. The molecule has 1 aromatic carbocycles. The molecule has 6 nitrogen and oxygen atoms in total. The largest absolute Gasteiger partial charge is 0.477 e. The number of ether oxygens (including phenoxy) is 1. The van der Waals surface area contributed by atoms with Crippen LogP contribution in [-0.2, 0) is 0 Å². The number of rotatable bonds is 8. The summed E-state index contributed by atoms with van der Waals surface area (Å²) in [4.78, 5) is 6.81. The number of hydrogen-bond donors (Lipinski definition) is 0. The second-order valence-corrected chi connectivity index (χ2v) is 6.46. The van der Waals surface area contributed by atoms with Crippen LogP contribution in [0.2, 0.25) is 0 Å². The molecular formula is C21H24N4O2. The number of imidazole rings is 1. The van der Waals surface area contributed by atoms with Gasteiger partial charge in [0.2, 0.25) is 5.88 Å². The molecule has 0 amide bonds. The second kappa shape index (κ2) is 7.80. The summed E-state index contributed by atoms with van der Waals surface area (Å²) in [5, 5.41) is 5.66. The van der Waals surface area contributed by atoms with Gasteiger partial charge >= 0.3 is 0 Å². The average Bonchev–Trinajstić information content (AvgIpc) is 3.31. The molecule has 0 aliphatic heterocycles. The summed E-state index contributed by atoms with van der Waals surface area (Å²) in [5.41, 5.74) is 2.43. The summed E-state index contributed by atoms with van der Waals surface area (Å²) < 4.78 is 13.6. The van der Waals surface area contributed by atoms with Crippen LogP contribution in [-0.4, -0.2) is 45.7 Å². The van der Waals surface area contributed by atoms with Crippen LogP contribution in [0.25, 0.3) is 28.1 Å². The van der Waals surface area contributed by atoms with Crippen molar-refractivity contribution in [2.45, 2.75) is 20.3 Å². The molecule has 140 valence electrons. The molecule has 0 saturated heterocycles. The zero-order chi connectivity index (χ0) is 18.6. The van der Waals surface area contributed by atoms with E-state index in [4.69, 9.17) is 9.15 Å². The minimum Gasteiger partial charge on any atom is -0.477 e. The van der Waals surface area contributed by atoms with Crippen LogP contribution in [0, 0.1) is 0 Å². The molecule has 0 fully saturated rings. The standard InChI is InChI=1S/C21H24N4O2/c1-3-24(4-2)12-7-13-26-21-11-10-20-22-15-17(25(20)23-21)19-14-16-8-5-6-9-18(16)27-19/h5-6,8-11,14-15H,3-4,7,12-13H2,1-2H3. The van der Waals surface area contributed by atoms with Crippen molar-refractivity contribution in [3.63, 3.8) is 0 Å². The molecule has 0 aliphatic carbocycles. The fraction of sp³-hybridized carbons (Fsp3) is 0.333. The Bertz CT molecular complexity index is 1000. The summed E-state index contributed by atoms with van der Waals surface area (Å²) in [5.74, 6) is 1.34. The fourth-order valence-electron chi connectivity index (χ4n) is 3.21. The van der Waals surface area contributed by atoms with Gasteiger partial charge in [-0.1, -0.05) is 32.0 Å². The third-order valence-electron chi connectivity index (χ3n) is 4.78. The zero-order valence-corrected chi connectivity index (χ0v) is 15.8. The normalized spacial score (nSPS) is 11.7. The molecule has 0 aliphatic rings. The summed E-state index contributed by atoms with van der Waals surface area (Å²) in [6, 6.07) is 13.7. The maximum Gasteiger partial charge on any atom is 0.231 e. The van der Waals surface area contributed by atoms with Crippen LogP contribution in [0.3, 0.4) is 0 Å². The van der Waals surface area contributed by atoms with E-state index in [1.165, 1.54) is 0 Å². The van der Waals surface area contributed by atoms with Crippen LogP contribution in [0.4, 0.5) is 0 Å². The van der Waals surface area contributed by atoms with E-state index in [2.05, 4.69) is 28.8 Å². The van der Waals surface area contributed by atoms with Gasteiger partial charge in [0.15, 0.2) is 11.4 Å². The van der Waals surface area contributed by atoms with Crippen molar-refractivity contribution in [2.24, 2.45) is 0 Å². The van der Waals surface area contributed by atoms with Gasteiger partial charge in [-0.2, -0.15) is 0 Å². The molecule has 6 heteroatoms. The summed E-state index contributed by atoms with van der Waals surface area (Å²) in [6.07, 6.45) is 2.76. The third-order valence-corrected chi connectivity index (χ3v) is 4.78. The zero-order valence-electron chi connectivity index (χ0n) is 15.8. The Morgan fingerprint density at radius 1 is 1.11 bits per heavy atom. The number of fused-ring (bicyclic) bond motifs is 2. The molecule has 0 radical (unpaired) electrons. The van der Waals surface area contributed by atoms with Crippen LogP contribution in [0.5, 0.6) is 5.88 Å². The van der Waals surface area contributed by atoms with Crippen LogP contribution in [0.15, 0.2) is 53.1 Å². The number of benzene rings is 1. The number of furan rings is 1. The fourth-order valence-corrected chi connectivity index (χ4v) is 3.21. The van der Waals surface area contributed by atoms with E-state index in [1.54, 1.807) is 10.7 Å². The summed E-state index contributed by atoms with van der Waals surface area (Å²) >= 11 is 0. The maximum atomic E-state index is 5.96. The average molecular weight is 364 g/mol. The van der Waals surface area contributed by atoms with Crippen LogP contribution in [0.1, 0.15) is 20.3 Å². The highest BCUT2D eigenvalue weighted by Crippen LogP contribution is 2.28. The Labute approximate surface area is 158 Å². The van der Waals surface area contributed by atoms with Gasteiger partial charge < -0.3 is 14.1 Å². The van der Waals surface area contributed by atoms with Gasteiger partial charge in [-0.25, -0.2) is 9.50 Å². The SMILES string of the molecule is CCN(CC)CCCOc1ccc2ncc(-c3cc4ccccc4o3)n2n1. The highest BCUT2D eigenvalue weighted by Gasteiger charge is 2.13. The van der Waals surface area contributed by atoms with Gasteiger partial charge in [-0.3, -0.25) is 0 Å². The van der Waals surface area contributed by atoms with Gasteiger partial charge in [-0.05, 0) is 37.7 Å². The van der Waals surface area contributed by atoms with Crippen LogP contribution >= 0.6 is 0 Å². The molecule has 0 atom stereocenters. The van der Waals surface area contributed by atoms with Gasteiger partial charge in [0.05, 0.1) is 12.8 Å². The minimum atomic E-state index is 0.595. The second-order valence-electron chi connectivity index (χ2n) is 6.46. The van der Waals surface area contributed by atoms with Crippen molar-refractivity contribution in [2.75, 3.05) is 26.2 Å². The quantitative estimate of drug-likeness (QED) is 0.437. The van der Waals surface area contributed by atoms with Crippen molar-refractivity contribution in [1.82, 2.24) is 19.5 Å². The topological polar surface area (TPSA) is 55.8 Å². The molecule has 4 aromatic rings. The Kier molecular flexibility index (Phi) is 5.07. The summed E-state index contributed by atoms with van der Waals surface area (Å²) in [6.45, 7) is 8.17. The van der Waals surface area contributed by atoms with E-state index in [1.807, 2.05) is 42.5 Å². The first-order valence-electron chi connectivity index (χ1n) is 9.47. The first kappa shape index (κ1) is 17.5. The minimum absolute atomic E-state index is 0.595. The molecule has 0 unspecified atom stereocenters. The molecule has 0 spiro atoms. The van der Waals surface area contributed by atoms with Gasteiger partial charge in [0.1, 0.15) is 11.3 Å². The maximum absolute atomic E-state index is 5.96. The third kappa shape index (κ3) is 3.66. The highest BCUT2D eigenvalue weighted by atomic mass is 16.5. The lowest BCUT2D eigenvalue weighted by molar-refractivity contribution is 0.242. The van der Waals surface area contributed by atoms with Gasteiger partial charge in [0.25, 0.3) is 0 Å². The number of nitrogens with zero attached hydrogens (tertiary/aromatic N) is 4. The Hall–Kier alpha value is -2.86. The lowest BCUT2D eigenvalue weighted by Crippen LogP contribution is -2.25. The number of hydrogen-bond acceptors (Lipinski definition) is 5. The van der Waals surface area contributed by atoms with E-state index in [0.29, 0.717) is 12.5 Å². The molecule has 4 rings (SSSR count). The van der Waals surface area contributed by atoms with E-state index < -0.39 is 0 Å². The number of aromatic nitrogens is 3. The van der Waals surface area contributed by atoms with Crippen molar-refractivity contribution in [3.8, 4) is 17.3 Å². The first-order valence-corrected chi connectivity index (χ1v) is 9.47. The van der Waals surface area contributed by atoms with E-state index in [-0.39, 0.29) is 0 Å². The molecule has 0 N–H and O–H groups in total. The first-order chi connectivity index (χ1) is 13.3. The van der Waals surface area contributed by atoms with E-state index in [0.717, 1.165) is 54.1 Å². The lowest BCUT2D eigenvalue weighted by atomic mass is 10.2. The Morgan fingerprint density at radius 2 is 1.96 bits per heavy atom. The van der Waals surface area contributed by atoms with Crippen LogP contribution < -0.4 is 4.74 Å². The monoisotopic (exact) mass is 364 g/mol. The van der Waals surface area contributed by atoms with E-state index in [9.17, 15) is 0 Å². The molecule has 0 saturated carbocycles. The Balaban J connectivity index is 1.52.